The lowest BCUT2D eigenvalue weighted by atomic mass is 10.2. The Hall–Kier alpha value is -2.31. The fourth-order valence-corrected chi connectivity index (χ4v) is 2.12. The van der Waals surface area contributed by atoms with E-state index < -0.39 is 0 Å². The van der Waals surface area contributed by atoms with Crippen molar-refractivity contribution in [3.8, 4) is 0 Å². The summed E-state index contributed by atoms with van der Waals surface area (Å²) in [5.74, 6) is 2.27. The molecule has 0 saturated heterocycles. The Morgan fingerprint density at radius 2 is 1.36 bits per heavy atom. The Balaban J connectivity index is 1.99. The number of anilines is 2. The molecule has 0 aliphatic heterocycles. The maximum absolute atomic E-state index is 12.1. The summed E-state index contributed by atoms with van der Waals surface area (Å²) >= 11 is 0. The average molecular weight is 304 g/mol. The number of urea groups is 1. The lowest BCUT2D eigenvalue weighted by Crippen LogP contribution is -2.24. The van der Waals surface area contributed by atoms with Crippen LogP contribution in [0, 0.1) is 11.8 Å². The summed E-state index contributed by atoms with van der Waals surface area (Å²) in [5, 5.41) is 14.1. The molecule has 0 aromatic carbocycles. The number of nitrogens with one attached hydrogen (secondary N) is 2. The van der Waals surface area contributed by atoms with Crippen LogP contribution in [0.25, 0.3) is 0 Å². The van der Waals surface area contributed by atoms with Crippen molar-refractivity contribution >= 4 is 17.7 Å². The molecule has 0 spiro atoms. The highest BCUT2D eigenvalue weighted by atomic mass is 16.2. The van der Waals surface area contributed by atoms with Crippen LogP contribution < -0.4 is 10.6 Å². The van der Waals surface area contributed by atoms with Crippen LogP contribution in [0.3, 0.4) is 0 Å². The molecule has 0 atom stereocenters. The average Bonchev–Trinajstić information content (AvgIpc) is 2.99. The van der Waals surface area contributed by atoms with E-state index in [9.17, 15) is 4.79 Å². The highest BCUT2D eigenvalue weighted by molar-refractivity contribution is 5.98. The van der Waals surface area contributed by atoms with Crippen LogP contribution in [0.15, 0.2) is 24.5 Å². The van der Waals surface area contributed by atoms with Gasteiger partial charge in [0.2, 0.25) is 0 Å². The van der Waals surface area contributed by atoms with E-state index in [-0.39, 0.29) is 6.03 Å². The van der Waals surface area contributed by atoms with Gasteiger partial charge in [0, 0.05) is 25.2 Å². The molecule has 0 fully saturated rings. The van der Waals surface area contributed by atoms with E-state index in [1.54, 1.807) is 33.9 Å². The molecule has 7 nitrogen and oxygen atoms in total. The zero-order chi connectivity index (χ0) is 16.1. The second kappa shape index (κ2) is 7.11. The summed E-state index contributed by atoms with van der Waals surface area (Å²) in [6, 6.07) is 3.27. The Labute approximate surface area is 130 Å². The molecule has 0 unspecified atom stereocenters. The number of hydrogen-bond donors (Lipinski definition) is 2. The van der Waals surface area contributed by atoms with Gasteiger partial charge in [-0.2, -0.15) is 10.2 Å². The first-order chi connectivity index (χ1) is 10.5. The maximum atomic E-state index is 12.1. The van der Waals surface area contributed by atoms with Crippen LogP contribution in [-0.2, 0) is 13.1 Å². The number of rotatable bonds is 6. The van der Waals surface area contributed by atoms with Crippen molar-refractivity contribution in [2.24, 2.45) is 11.8 Å². The normalized spacial score (nSPS) is 11.2. The highest BCUT2D eigenvalue weighted by Crippen LogP contribution is 2.12. The van der Waals surface area contributed by atoms with Gasteiger partial charge in [0.25, 0.3) is 0 Å². The fourth-order valence-electron chi connectivity index (χ4n) is 2.12. The van der Waals surface area contributed by atoms with Crippen molar-refractivity contribution in [2.75, 3.05) is 10.6 Å². The topological polar surface area (TPSA) is 76.8 Å². The second-order valence-electron chi connectivity index (χ2n) is 6.16. The van der Waals surface area contributed by atoms with Gasteiger partial charge in [-0.05, 0) is 11.8 Å². The summed E-state index contributed by atoms with van der Waals surface area (Å²) < 4.78 is 3.57. The molecule has 0 bridgehead atoms. The van der Waals surface area contributed by atoms with Gasteiger partial charge in [-0.3, -0.25) is 10.6 Å². The predicted octanol–water partition coefficient (Wildman–Crippen LogP) is 3.04. The lowest BCUT2D eigenvalue weighted by molar-refractivity contribution is 0.261. The number of aromatic nitrogens is 4. The molecule has 0 radical (unpaired) electrons. The van der Waals surface area contributed by atoms with Crippen LogP contribution in [0.5, 0.6) is 0 Å². The van der Waals surface area contributed by atoms with Crippen LogP contribution in [0.2, 0.25) is 0 Å². The molecular weight excluding hydrogens is 280 g/mol. The number of amides is 2. The molecule has 2 heterocycles. The predicted molar refractivity (Wildman–Crippen MR) is 86.8 cm³/mol. The summed E-state index contributed by atoms with van der Waals surface area (Å²) in [6.07, 6.45) is 3.36. The molecule has 0 aliphatic carbocycles. The van der Waals surface area contributed by atoms with Crippen LogP contribution >= 0.6 is 0 Å². The van der Waals surface area contributed by atoms with Gasteiger partial charge in [0.05, 0.1) is 12.4 Å². The minimum Gasteiger partial charge on any atom is -0.292 e. The van der Waals surface area contributed by atoms with Crippen molar-refractivity contribution in [2.45, 2.75) is 40.8 Å². The quantitative estimate of drug-likeness (QED) is 0.861. The summed E-state index contributed by atoms with van der Waals surface area (Å²) in [7, 11) is 0. The second-order valence-corrected chi connectivity index (χ2v) is 6.16. The SMILES string of the molecule is CC(C)Cn1nccc1NC(=O)Nc1ccnn1CC(C)C. The molecule has 7 heteroatoms. The molecule has 2 rings (SSSR count). The molecule has 0 saturated carbocycles. The van der Waals surface area contributed by atoms with Crippen LogP contribution in [0.4, 0.5) is 16.4 Å². The fraction of sp³-hybridized carbons (Fsp3) is 0.533. The van der Waals surface area contributed by atoms with Crippen molar-refractivity contribution < 1.29 is 4.79 Å². The van der Waals surface area contributed by atoms with Gasteiger partial charge in [-0.1, -0.05) is 27.7 Å². The Bertz CT molecular complexity index is 561. The zero-order valence-electron chi connectivity index (χ0n) is 13.6. The van der Waals surface area contributed by atoms with Crippen molar-refractivity contribution in [3.63, 3.8) is 0 Å². The van der Waals surface area contributed by atoms with E-state index in [2.05, 4.69) is 48.5 Å². The molecule has 22 heavy (non-hydrogen) atoms. The van der Waals surface area contributed by atoms with Crippen molar-refractivity contribution in [1.82, 2.24) is 19.6 Å². The first kappa shape index (κ1) is 16.1. The van der Waals surface area contributed by atoms with E-state index in [0.717, 1.165) is 13.1 Å². The van der Waals surface area contributed by atoms with E-state index >= 15 is 0 Å². The Morgan fingerprint density at radius 1 is 0.955 bits per heavy atom. The van der Waals surface area contributed by atoms with Crippen molar-refractivity contribution in [1.29, 1.82) is 0 Å². The van der Waals surface area contributed by atoms with E-state index in [4.69, 9.17) is 0 Å². The van der Waals surface area contributed by atoms with Gasteiger partial charge < -0.3 is 0 Å². The molecule has 2 aromatic rings. The third kappa shape index (κ3) is 4.34. The van der Waals surface area contributed by atoms with E-state index in [1.165, 1.54) is 0 Å². The minimum absolute atomic E-state index is 0.295. The molecule has 2 aromatic heterocycles. The zero-order valence-corrected chi connectivity index (χ0v) is 13.6. The van der Waals surface area contributed by atoms with E-state index in [0.29, 0.717) is 23.5 Å². The Morgan fingerprint density at radius 3 is 1.73 bits per heavy atom. The summed E-state index contributed by atoms with van der Waals surface area (Å²) in [6.45, 7) is 9.94. The van der Waals surface area contributed by atoms with Gasteiger partial charge >= 0.3 is 6.03 Å². The number of hydrogen-bond acceptors (Lipinski definition) is 3. The third-order valence-electron chi connectivity index (χ3n) is 2.99. The van der Waals surface area contributed by atoms with Crippen molar-refractivity contribution in [3.05, 3.63) is 24.5 Å². The lowest BCUT2D eigenvalue weighted by Gasteiger charge is -2.13. The minimum atomic E-state index is -0.295. The van der Waals surface area contributed by atoms with Gasteiger partial charge in [0.1, 0.15) is 11.6 Å². The van der Waals surface area contributed by atoms with Crippen LogP contribution in [-0.4, -0.2) is 25.6 Å². The van der Waals surface area contributed by atoms with E-state index in [1.807, 2.05) is 0 Å². The first-order valence-corrected chi connectivity index (χ1v) is 7.57. The van der Waals surface area contributed by atoms with Gasteiger partial charge in [-0.15, -0.1) is 0 Å². The number of carbonyl (C=O) groups is 1. The smallest absolute Gasteiger partial charge is 0.292 e. The maximum Gasteiger partial charge on any atom is 0.326 e. The summed E-state index contributed by atoms with van der Waals surface area (Å²) in [5.41, 5.74) is 0. The number of nitrogens with zero attached hydrogens (tertiary/aromatic N) is 4. The molecule has 120 valence electrons. The molecule has 2 amide bonds. The first-order valence-electron chi connectivity index (χ1n) is 7.57. The standard InChI is InChI=1S/C15H24N6O/c1-11(2)9-20-13(5-7-16-20)18-15(22)19-14-6-8-17-21(14)10-12(3)4/h5-8,11-12H,9-10H2,1-4H3,(H2,18,19,22). The number of carbonyl (C=O) groups excluding carboxylic acids is 1. The molecule has 2 N–H and O–H groups in total. The highest BCUT2D eigenvalue weighted by Gasteiger charge is 2.11. The van der Waals surface area contributed by atoms with Gasteiger partial charge in [0.15, 0.2) is 0 Å². The largest absolute Gasteiger partial charge is 0.326 e. The molecule has 0 aliphatic rings. The Kier molecular flexibility index (Phi) is 5.19. The monoisotopic (exact) mass is 304 g/mol. The van der Waals surface area contributed by atoms with Crippen LogP contribution in [0.1, 0.15) is 27.7 Å². The third-order valence-corrected chi connectivity index (χ3v) is 2.99. The summed E-state index contributed by atoms with van der Waals surface area (Å²) in [4.78, 5) is 12.1. The molecular formula is C15H24N6O. The van der Waals surface area contributed by atoms with Gasteiger partial charge in [-0.25, -0.2) is 14.2 Å².